The number of hydrogen-bond acceptors (Lipinski definition) is 1. The lowest BCUT2D eigenvalue weighted by Gasteiger charge is -2.25. The molecule has 0 aromatic carbocycles. The van der Waals surface area contributed by atoms with Crippen molar-refractivity contribution in [2.24, 2.45) is 0 Å². The fourth-order valence-electron chi connectivity index (χ4n) is 1.18. The number of hydrogen-bond donors (Lipinski definition) is 0. The van der Waals surface area contributed by atoms with Gasteiger partial charge in [-0.05, 0) is 8.36 Å². The highest BCUT2D eigenvalue weighted by Gasteiger charge is 2.26. The average Bonchev–Trinajstić information content (AvgIpc) is 2.01. The minimum Gasteiger partial charge on any atom is -0.370 e. The molecule has 0 heterocycles. The Bertz CT molecular complexity index is 75.4. The molecule has 0 rings (SSSR count). The van der Waals surface area contributed by atoms with Gasteiger partial charge in [0.25, 0.3) is 0 Å². The van der Waals surface area contributed by atoms with Crippen molar-refractivity contribution in [3.8, 4) is 0 Å². The summed E-state index contributed by atoms with van der Waals surface area (Å²) < 4.78 is 5.27. The summed E-state index contributed by atoms with van der Waals surface area (Å²) in [6.45, 7) is 6.93. The lowest BCUT2D eigenvalue weighted by atomic mass is 10.9. The minimum absolute atomic E-state index is 0.815. The van der Waals surface area contributed by atoms with E-state index in [9.17, 15) is 0 Å². The van der Waals surface area contributed by atoms with Gasteiger partial charge in [0.2, 0.25) is 0 Å². The van der Waals surface area contributed by atoms with Crippen LogP contribution >= 0.6 is 8.36 Å². The third kappa shape index (κ3) is 2.69. The molecule has 0 aliphatic carbocycles. The van der Waals surface area contributed by atoms with Gasteiger partial charge < -0.3 is 4.52 Å². The Morgan fingerprint density at radius 1 is 1.10 bits per heavy atom. The van der Waals surface area contributed by atoms with E-state index in [1.807, 2.05) is 7.11 Å². The Balaban J connectivity index is 3.87. The van der Waals surface area contributed by atoms with Gasteiger partial charge in [-0.2, -0.15) is 0 Å². The molecule has 0 radical (unpaired) electrons. The van der Waals surface area contributed by atoms with E-state index in [0.29, 0.717) is 0 Å². The van der Waals surface area contributed by atoms with E-state index in [0.717, 1.165) is 8.36 Å². The Kier molecular flexibility index (Phi) is 5.60. The quantitative estimate of drug-likeness (QED) is 0.464. The maximum absolute atomic E-state index is 5.27. The molecule has 3 heteroatoms. The van der Waals surface area contributed by atoms with Crippen LogP contribution in [0.2, 0.25) is 18.1 Å². The lowest BCUT2D eigenvalue weighted by molar-refractivity contribution is 0.482. The summed E-state index contributed by atoms with van der Waals surface area (Å²) in [5.74, 6) is 0. The van der Waals surface area contributed by atoms with Gasteiger partial charge in [-0.25, -0.2) is 0 Å². The van der Waals surface area contributed by atoms with Gasteiger partial charge >= 0.3 is 0 Å². The minimum atomic E-state index is -0.912. The lowest BCUT2D eigenvalue weighted by Crippen LogP contribution is -2.25. The van der Waals surface area contributed by atoms with E-state index in [1.165, 1.54) is 18.1 Å². The van der Waals surface area contributed by atoms with Gasteiger partial charge in [-0.15, -0.1) is 0 Å². The molecule has 0 saturated carbocycles. The van der Waals surface area contributed by atoms with Crippen LogP contribution in [0.1, 0.15) is 20.8 Å². The molecule has 0 amide bonds. The zero-order valence-corrected chi connectivity index (χ0v) is 9.53. The predicted molar refractivity (Wildman–Crippen MR) is 52.5 cm³/mol. The summed E-state index contributed by atoms with van der Waals surface area (Å²) in [7, 11) is 1.74. The molecule has 0 N–H and O–H groups in total. The van der Waals surface area contributed by atoms with Gasteiger partial charge in [0.15, 0.2) is 0 Å². The van der Waals surface area contributed by atoms with E-state index < -0.39 is 7.74 Å². The van der Waals surface area contributed by atoms with Crippen molar-refractivity contribution in [3.05, 3.63) is 0 Å². The molecule has 0 saturated heterocycles. The Morgan fingerprint density at radius 3 is 1.60 bits per heavy atom. The van der Waals surface area contributed by atoms with Crippen molar-refractivity contribution in [2.75, 3.05) is 7.11 Å². The van der Waals surface area contributed by atoms with Gasteiger partial charge in [0, 0.05) is 7.11 Å². The molecule has 0 aliphatic heterocycles. The van der Waals surface area contributed by atoms with Crippen molar-refractivity contribution >= 4 is 16.1 Å². The molecule has 0 aromatic heterocycles. The molecule has 0 bridgehead atoms. The first-order chi connectivity index (χ1) is 4.74. The topological polar surface area (TPSA) is 9.23 Å². The van der Waals surface area contributed by atoms with E-state index >= 15 is 0 Å². The molecular formula is C7H19OPSi. The summed E-state index contributed by atoms with van der Waals surface area (Å²) in [4.78, 5) is 0. The molecule has 1 unspecified atom stereocenters. The third-order valence-electron chi connectivity index (χ3n) is 2.35. The van der Waals surface area contributed by atoms with Crippen molar-refractivity contribution in [1.29, 1.82) is 0 Å². The van der Waals surface area contributed by atoms with Crippen LogP contribution in [0, 0.1) is 0 Å². The zero-order chi connectivity index (χ0) is 8.04. The van der Waals surface area contributed by atoms with E-state index in [-0.39, 0.29) is 0 Å². The Hall–Kier alpha value is 0.607. The highest BCUT2D eigenvalue weighted by molar-refractivity contribution is 7.78. The van der Waals surface area contributed by atoms with Crippen LogP contribution in [0.25, 0.3) is 0 Å². The standard InChI is InChI=1S/C7H19OPSi/c1-5-10(6-2,7-3)9-8-4/h9H,5-7H2,1-4H3. The van der Waals surface area contributed by atoms with E-state index in [2.05, 4.69) is 20.8 Å². The molecule has 0 spiro atoms. The van der Waals surface area contributed by atoms with Crippen LogP contribution in [-0.2, 0) is 4.52 Å². The van der Waals surface area contributed by atoms with Gasteiger partial charge in [0.1, 0.15) is 7.74 Å². The Morgan fingerprint density at radius 2 is 1.50 bits per heavy atom. The van der Waals surface area contributed by atoms with Crippen molar-refractivity contribution in [2.45, 2.75) is 38.9 Å². The SMILES string of the molecule is CC[Si](CC)(CC)POC. The first kappa shape index (κ1) is 10.6. The summed E-state index contributed by atoms with van der Waals surface area (Å²) in [6.07, 6.45) is 0. The van der Waals surface area contributed by atoms with Crippen LogP contribution in [-0.4, -0.2) is 14.9 Å². The van der Waals surface area contributed by atoms with E-state index in [4.69, 9.17) is 4.52 Å². The number of rotatable bonds is 5. The summed E-state index contributed by atoms with van der Waals surface area (Å²) in [5, 5.41) is 0. The highest BCUT2D eigenvalue weighted by atomic mass is 31.4. The first-order valence-corrected chi connectivity index (χ1v) is 8.57. The maximum Gasteiger partial charge on any atom is 0.110 e. The van der Waals surface area contributed by atoms with Crippen LogP contribution in [0.3, 0.4) is 0 Å². The Labute approximate surface area is 67.3 Å². The molecule has 10 heavy (non-hydrogen) atoms. The molecule has 1 atom stereocenters. The molecule has 62 valence electrons. The maximum atomic E-state index is 5.27. The van der Waals surface area contributed by atoms with Crippen molar-refractivity contribution in [3.63, 3.8) is 0 Å². The van der Waals surface area contributed by atoms with Gasteiger partial charge in [0.05, 0.1) is 0 Å². The summed E-state index contributed by atoms with van der Waals surface area (Å²) in [6, 6.07) is 4.14. The zero-order valence-electron chi connectivity index (χ0n) is 7.53. The average molecular weight is 178 g/mol. The van der Waals surface area contributed by atoms with Crippen LogP contribution < -0.4 is 0 Å². The second-order valence-corrected chi connectivity index (χ2v) is 11.7. The first-order valence-electron chi connectivity index (χ1n) is 4.04. The van der Waals surface area contributed by atoms with Crippen molar-refractivity contribution < 1.29 is 4.52 Å². The highest BCUT2D eigenvalue weighted by Crippen LogP contribution is 2.37. The van der Waals surface area contributed by atoms with Crippen LogP contribution in [0.4, 0.5) is 0 Å². The molecule has 0 aliphatic rings. The second-order valence-electron chi connectivity index (χ2n) is 2.65. The van der Waals surface area contributed by atoms with Crippen molar-refractivity contribution in [1.82, 2.24) is 0 Å². The van der Waals surface area contributed by atoms with Gasteiger partial charge in [-0.1, -0.05) is 38.9 Å². The fraction of sp³-hybridized carbons (Fsp3) is 1.00. The smallest absolute Gasteiger partial charge is 0.110 e. The second kappa shape index (κ2) is 5.28. The fourth-order valence-corrected chi connectivity index (χ4v) is 6.15. The summed E-state index contributed by atoms with van der Waals surface area (Å²) >= 11 is 0. The normalized spacial score (nSPS) is 13.2. The summed E-state index contributed by atoms with van der Waals surface area (Å²) in [5.41, 5.74) is 0. The predicted octanol–water partition coefficient (Wildman–Crippen LogP) is 3.23. The monoisotopic (exact) mass is 178 g/mol. The molecule has 1 nitrogen and oxygen atoms in total. The molecule has 0 aromatic rings. The largest absolute Gasteiger partial charge is 0.370 e. The van der Waals surface area contributed by atoms with Crippen LogP contribution in [0.5, 0.6) is 0 Å². The molecule has 0 fully saturated rings. The molecular weight excluding hydrogens is 159 g/mol. The van der Waals surface area contributed by atoms with E-state index in [1.54, 1.807) is 0 Å². The van der Waals surface area contributed by atoms with Crippen LogP contribution in [0.15, 0.2) is 0 Å². The third-order valence-corrected chi connectivity index (χ3v) is 12.1. The van der Waals surface area contributed by atoms with Gasteiger partial charge in [-0.3, -0.25) is 0 Å².